The van der Waals surface area contributed by atoms with Gasteiger partial charge >= 0.3 is 0 Å². The molecule has 0 amide bonds. The molecule has 2 aliphatic rings. The summed E-state index contributed by atoms with van der Waals surface area (Å²) in [4.78, 5) is 9.13. The molecule has 1 saturated carbocycles. The second-order valence-corrected chi connectivity index (χ2v) is 9.27. The van der Waals surface area contributed by atoms with Crippen molar-refractivity contribution in [1.82, 2.24) is 9.97 Å². The normalized spacial score (nSPS) is 22.3. The van der Waals surface area contributed by atoms with Crippen molar-refractivity contribution >= 4 is 17.3 Å². The number of hydrogen-bond donors (Lipinski definition) is 2. The minimum Gasteiger partial charge on any atom is -0.480 e. The van der Waals surface area contributed by atoms with Crippen molar-refractivity contribution in [2.45, 2.75) is 51.0 Å². The fraction of sp³-hybridized carbons (Fsp3) is 0.583. The summed E-state index contributed by atoms with van der Waals surface area (Å²) in [5, 5.41) is 4.17. The van der Waals surface area contributed by atoms with Crippen molar-refractivity contribution in [1.29, 1.82) is 0 Å². The Bertz CT molecular complexity index is 865. The van der Waals surface area contributed by atoms with Gasteiger partial charge < -0.3 is 20.5 Å². The van der Waals surface area contributed by atoms with Gasteiger partial charge in [-0.25, -0.2) is 4.98 Å². The monoisotopic (exact) mass is 444 g/mol. The lowest BCUT2D eigenvalue weighted by Gasteiger charge is -2.25. The van der Waals surface area contributed by atoms with Crippen LogP contribution in [0, 0.1) is 11.8 Å². The molecule has 4 rings (SSSR count). The van der Waals surface area contributed by atoms with Crippen LogP contribution < -0.4 is 15.8 Å². The molecular weight excluding hydrogens is 412 g/mol. The summed E-state index contributed by atoms with van der Waals surface area (Å²) in [6, 6.07) is 4.56. The van der Waals surface area contributed by atoms with Gasteiger partial charge in [0, 0.05) is 55.0 Å². The second kappa shape index (κ2) is 10.6. The lowest BCUT2D eigenvalue weighted by Crippen LogP contribution is -2.27. The number of halogens is 1. The number of anilines is 1. The molecule has 6 nitrogen and oxygen atoms in total. The number of hydrogen-bond acceptors (Lipinski definition) is 6. The van der Waals surface area contributed by atoms with Crippen molar-refractivity contribution < 1.29 is 9.47 Å². The minimum absolute atomic E-state index is 0.363. The Balaban J connectivity index is 1.51. The Morgan fingerprint density at radius 1 is 1.06 bits per heavy atom. The van der Waals surface area contributed by atoms with Crippen molar-refractivity contribution in [3.63, 3.8) is 0 Å². The predicted molar refractivity (Wildman–Crippen MR) is 125 cm³/mol. The summed E-state index contributed by atoms with van der Waals surface area (Å²) >= 11 is 6.55. The Hall–Kier alpha value is -1.89. The van der Waals surface area contributed by atoms with Crippen LogP contribution in [0.4, 0.5) is 5.69 Å². The van der Waals surface area contributed by atoms with Gasteiger partial charge in [-0.1, -0.05) is 11.6 Å². The zero-order valence-electron chi connectivity index (χ0n) is 18.3. The van der Waals surface area contributed by atoms with E-state index >= 15 is 0 Å². The van der Waals surface area contributed by atoms with Crippen LogP contribution in [0.3, 0.4) is 0 Å². The molecule has 7 heteroatoms. The van der Waals surface area contributed by atoms with Crippen LogP contribution in [0.1, 0.15) is 44.2 Å². The van der Waals surface area contributed by atoms with E-state index in [1.54, 1.807) is 13.3 Å². The molecule has 0 radical (unpaired) electrons. The second-order valence-electron chi connectivity index (χ2n) is 8.86. The van der Waals surface area contributed by atoms with Crippen LogP contribution in [0.25, 0.3) is 11.1 Å². The van der Waals surface area contributed by atoms with Crippen molar-refractivity contribution in [3.8, 4) is 17.0 Å². The fourth-order valence-electron chi connectivity index (χ4n) is 4.60. The molecule has 0 bridgehead atoms. The quantitative estimate of drug-likeness (QED) is 0.643. The largest absolute Gasteiger partial charge is 0.480 e. The number of nitrogens with zero attached hydrogens (tertiary/aromatic N) is 2. The van der Waals surface area contributed by atoms with E-state index in [-0.39, 0.29) is 0 Å². The van der Waals surface area contributed by atoms with Crippen LogP contribution in [0.5, 0.6) is 5.88 Å². The van der Waals surface area contributed by atoms with Crippen LogP contribution in [-0.2, 0) is 11.2 Å². The smallest absolute Gasteiger partial charge is 0.237 e. The molecule has 0 aromatic carbocycles. The average Bonchev–Trinajstić information content (AvgIpc) is 2.81. The standard InChI is InChI=1S/C24H33ClN4O2/c1-30-24-23(28-13-17-6-8-31-9-7-17)11-18(14-29-24)21-12-20(27-15-22(21)25)10-16-2-4-19(26)5-3-16/h11-12,14-17,19,28H,2-10,13,26H2,1H3. The maximum atomic E-state index is 6.55. The highest BCUT2D eigenvalue weighted by atomic mass is 35.5. The Labute approximate surface area is 189 Å². The summed E-state index contributed by atoms with van der Waals surface area (Å²) in [6.07, 6.45) is 11.3. The summed E-state index contributed by atoms with van der Waals surface area (Å²) < 4.78 is 11.0. The number of methoxy groups -OCH3 is 1. The highest BCUT2D eigenvalue weighted by Crippen LogP contribution is 2.34. The zero-order chi connectivity index (χ0) is 21.6. The molecule has 3 heterocycles. The molecule has 0 spiro atoms. The molecule has 1 saturated heterocycles. The lowest BCUT2D eigenvalue weighted by atomic mass is 9.83. The fourth-order valence-corrected chi connectivity index (χ4v) is 4.81. The number of ether oxygens (including phenoxy) is 2. The molecule has 2 aromatic rings. The van der Waals surface area contributed by atoms with Crippen molar-refractivity contribution in [2.24, 2.45) is 17.6 Å². The van der Waals surface area contributed by atoms with Crippen molar-refractivity contribution in [2.75, 3.05) is 32.2 Å². The van der Waals surface area contributed by atoms with E-state index in [1.807, 2.05) is 6.20 Å². The van der Waals surface area contributed by atoms with Gasteiger partial charge in [0.1, 0.15) is 0 Å². The highest BCUT2D eigenvalue weighted by Gasteiger charge is 2.20. The van der Waals surface area contributed by atoms with Gasteiger partial charge in [-0.2, -0.15) is 0 Å². The predicted octanol–water partition coefficient (Wildman–Crippen LogP) is 4.70. The van der Waals surface area contributed by atoms with Crippen molar-refractivity contribution in [3.05, 3.63) is 35.2 Å². The average molecular weight is 445 g/mol. The minimum atomic E-state index is 0.363. The molecule has 168 valence electrons. The lowest BCUT2D eigenvalue weighted by molar-refractivity contribution is 0.0699. The molecule has 0 atom stereocenters. The van der Waals surface area contributed by atoms with Gasteiger partial charge in [-0.05, 0) is 68.9 Å². The number of nitrogens with two attached hydrogens (primary N) is 1. The maximum absolute atomic E-state index is 6.55. The van der Waals surface area contributed by atoms with Gasteiger partial charge in [0.15, 0.2) is 0 Å². The van der Waals surface area contributed by atoms with E-state index in [2.05, 4.69) is 27.4 Å². The SMILES string of the molecule is COc1ncc(-c2cc(CC3CCC(N)CC3)ncc2Cl)cc1NCC1CCOCC1. The Morgan fingerprint density at radius 3 is 2.58 bits per heavy atom. The third-order valence-corrected chi connectivity index (χ3v) is 6.88. The first-order valence-corrected chi connectivity index (χ1v) is 11.8. The van der Waals surface area contributed by atoms with Gasteiger partial charge in [-0.3, -0.25) is 4.98 Å². The molecular formula is C24H33ClN4O2. The Morgan fingerprint density at radius 2 is 1.84 bits per heavy atom. The molecule has 1 aliphatic carbocycles. The summed E-state index contributed by atoms with van der Waals surface area (Å²) in [6.45, 7) is 2.55. The Kier molecular flexibility index (Phi) is 7.64. The zero-order valence-corrected chi connectivity index (χ0v) is 19.0. The summed E-state index contributed by atoms with van der Waals surface area (Å²) in [5.74, 6) is 1.84. The van der Waals surface area contributed by atoms with E-state index in [0.717, 1.165) is 74.4 Å². The molecule has 31 heavy (non-hydrogen) atoms. The number of aromatic nitrogens is 2. The number of pyridine rings is 2. The topological polar surface area (TPSA) is 82.3 Å². The van der Waals surface area contributed by atoms with Gasteiger partial charge in [0.05, 0.1) is 17.8 Å². The third kappa shape index (κ3) is 5.88. The van der Waals surface area contributed by atoms with Gasteiger partial charge in [0.2, 0.25) is 5.88 Å². The van der Waals surface area contributed by atoms with E-state index in [1.165, 1.54) is 12.8 Å². The van der Waals surface area contributed by atoms with Gasteiger partial charge in [-0.15, -0.1) is 0 Å². The summed E-state index contributed by atoms with van der Waals surface area (Å²) in [7, 11) is 1.65. The van der Waals surface area contributed by atoms with Crippen LogP contribution >= 0.6 is 11.6 Å². The summed E-state index contributed by atoms with van der Waals surface area (Å²) in [5.41, 5.74) is 9.95. The van der Waals surface area contributed by atoms with E-state index in [0.29, 0.717) is 28.8 Å². The van der Waals surface area contributed by atoms with E-state index in [9.17, 15) is 0 Å². The molecule has 3 N–H and O–H groups in total. The number of rotatable bonds is 7. The van der Waals surface area contributed by atoms with Crippen LogP contribution in [0.2, 0.25) is 5.02 Å². The first-order chi connectivity index (χ1) is 15.1. The first kappa shape index (κ1) is 22.3. The van der Waals surface area contributed by atoms with Crippen LogP contribution in [0.15, 0.2) is 24.5 Å². The highest BCUT2D eigenvalue weighted by molar-refractivity contribution is 6.33. The first-order valence-electron chi connectivity index (χ1n) is 11.4. The molecule has 1 aliphatic heterocycles. The van der Waals surface area contributed by atoms with E-state index in [4.69, 9.17) is 26.8 Å². The maximum Gasteiger partial charge on any atom is 0.237 e. The van der Waals surface area contributed by atoms with E-state index < -0.39 is 0 Å². The molecule has 2 aromatic heterocycles. The third-order valence-electron chi connectivity index (χ3n) is 6.58. The van der Waals surface area contributed by atoms with Gasteiger partial charge in [0.25, 0.3) is 0 Å². The number of nitrogens with one attached hydrogen (secondary N) is 1. The van der Waals surface area contributed by atoms with Crippen LogP contribution in [-0.4, -0.2) is 42.9 Å². The molecule has 2 fully saturated rings. The molecule has 0 unspecified atom stereocenters.